The first-order valence-electron chi connectivity index (χ1n) is 11.2. The number of benzene rings is 3. The maximum Gasteiger partial charge on any atom is 0.240 e. The number of Topliss-reactive ketones (excluding diaryl/α,β-unsaturated/α-hetero) is 1. The molecule has 6 rings (SSSR count). The van der Waals surface area contributed by atoms with Crippen LogP contribution in [0.3, 0.4) is 0 Å². The number of ether oxygens (including phenoxy) is 1. The van der Waals surface area contributed by atoms with E-state index in [4.69, 9.17) is 4.74 Å². The Kier molecular flexibility index (Phi) is 4.77. The maximum atomic E-state index is 14.0. The van der Waals surface area contributed by atoms with Gasteiger partial charge in [0.05, 0.1) is 36.9 Å². The third kappa shape index (κ3) is 3.10. The summed E-state index contributed by atoms with van der Waals surface area (Å²) < 4.78 is 19.2. The summed E-state index contributed by atoms with van der Waals surface area (Å²) in [5.74, 6) is -3.07. The van der Waals surface area contributed by atoms with Gasteiger partial charge < -0.3 is 4.74 Å². The van der Waals surface area contributed by atoms with E-state index in [9.17, 15) is 18.8 Å². The first kappa shape index (κ1) is 21.2. The van der Waals surface area contributed by atoms with Crippen LogP contribution >= 0.6 is 0 Å². The number of hydrogen-bond acceptors (Lipinski definition) is 6. The summed E-state index contributed by atoms with van der Waals surface area (Å²) in [5.41, 5.74) is 2.19. The van der Waals surface area contributed by atoms with Crippen molar-refractivity contribution in [1.29, 1.82) is 0 Å². The van der Waals surface area contributed by atoms with Crippen molar-refractivity contribution in [1.82, 2.24) is 5.01 Å². The van der Waals surface area contributed by atoms with Gasteiger partial charge in [0, 0.05) is 5.56 Å². The molecule has 2 fully saturated rings. The van der Waals surface area contributed by atoms with Gasteiger partial charge in [-0.05, 0) is 53.6 Å². The molecule has 7 nitrogen and oxygen atoms in total. The monoisotopic (exact) mass is 469 g/mol. The van der Waals surface area contributed by atoms with E-state index in [2.05, 4.69) is 5.10 Å². The molecule has 0 saturated carbocycles. The fraction of sp³-hybridized carbons (Fsp3) is 0.185. The molecule has 3 heterocycles. The lowest BCUT2D eigenvalue weighted by molar-refractivity contribution is -0.124. The maximum absolute atomic E-state index is 14.0. The molecule has 3 aliphatic rings. The summed E-state index contributed by atoms with van der Waals surface area (Å²) in [6, 6.07) is 17.9. The Morgan fingerprint density at radius 1 is 0.943 bits per heavy atom. The first-order chi connectivity index (χ1) is 17.0. The fourth-order valence-electron chi connectivity index (χ4n) is 5.46. The number of amides is 2. The lowest BCUT2D eigenvalue weighted by atomic mass is 9.83. The van der Waals surface area contributed by atoms with Gasteiger partial charge in [0.15, 0.2) is 5.78 Å². The zero-order chi connectivity index (χ0) is 24.3. The van der Waals surface area contributed by atoms with Crippen molar-refractivity contribution in [3.05, 3.63) is 95.3 Å². The van der Waals surface area contributed by atoms with Crippen LogP contribution in [0.2, 0.25) is 0 Å². The van der Waals surface area contributed by atoms with Crippen molar-refractivity contribution >= 4 is 29.5 Å². The lowest BCUT2D eigenvalue weighted by Crippen LogP contribution is -2.44. The second-order valence-corrected chi connectivity index (χ2v) is 8.78. The SMILES string of the molecule is COc1ccc(C(=O)[C@H]2[C@H]3C(=O)N(c4cccc(F)c4)C(=O)[C@H]3C3c4ccccc4C=NN32)cc1. The molecule has 2 saturated heterocycles. The number of ketones is 1. The molecular weight excluding hydrogens is 449 g/mol. The summed E-state index contributed by atoms with van der Waals surface area (Å²) in [4.78, 5) is 42.3. The molecule has 174 valence electrons. The van der Waals surface area contributed by atoms with Gasteiger partial charge in [-0.1, -0.05) is 30.3 Å². The number of anilines is 1. The molecule has 0 aromatic heterocycles. The molecule has 0 aliphatic carbocycles. The van der Waals surface area contributed by atoms with Crippen LogP contribution < -0.4 is 9.64 Å². The number of nitrogens with zero attached hydrogens (tertiary/aromatic N) is 3. The van der Waals surface area contributed by atoms with Gasteiger partial charge in [-0.3, -0.25) is 19.4 Å². The van der Waals surface area contributed by atoms with Crippen molar-refractivity contribution < 1.29 is 23.5 Å². The Bertz CT molecular complexity index is 1400. The molecule has 4 atom stereocenters. The van der Waals surface area contributed by atoms with Gasteiger partial charge in [-0.25, -0.2) is 9.29 Å². The molecule has 0 radical (unpaired) electrons. The van der Waals surface area contributed by atoms with Gasteiger partial charge >= 0.3 is 0 Å². The first-order valence-corrected chi connectivity index (χ1v) is 11.2. The van der Waals surface area contributed by atoms with Crippen molar-refractivity contribution in [2.75, 3.05) is 12.0 Å². The van der Waals surface area contributed by atoms with Gasteiger partial charge in [-0.2, -0.15) is 5.10 Å². The van der Waals surface area contributed by atoms with E-state index in [0.29, 0.717) is 11.3 Å². The molecule has 0 bridgehead atoms. The summed E-state index contributed by atoms with van der Waals surface area (Å²) in [6.07, 6.45) is 1.65. The highest BCUT2D eigenvalue weighted by Gasteiger charge is 2.65. The van der Waals surface area contributed by atoms with Gasteiger partial charge in [0.25, 0.3) is 0 Å². The molecular formula is C27H20FN3O4. The van der Waals surface area contributed by atoms with E-state index in [0.717, 1.165) is 22.1 Å². The number of rotatable bonds is 4. The van der Waals surface area contributed by atoms with E-state index in [1.54, 1.807) is 35.5 Å². The molecule has 2 amide bonds. The molecule has 3 aliphatic heterocycles. The normalized spacial score (nSPS) is 24.3. The molecule has 0 spiro atoms. The van der Waals surface area contributed by atoms with E-state index < -0.39 is 41.6 Å². The number of carbonyl (C=O) groups is 3. The average Bonchev–Trinajstić information content (AvgIpc) is 3.36. The number of halogens is 1. The zero-order valence-corrected chi connectivity index (χ0v) is 18.7. The van der Waals surface area contributed by atoms with Crippen molar-refractivity contribution in [3.8, 4) is 5.75 Å². The molecule has 3 aromatic rings. The fourth-order valence-corrected chi connectivity index (χ4v) is 5.46. The third-order valence-electron chi connectivity index (χ3n) is 7.00. The average molecular weight is 469 g/mol. The summed E-state index contributed by atoms with van der Waals surface area (Å²) in [7, 11) is 1.53. The van der Waals surface area contributed by atoms with Gasteiger partial charge in [0.2, 0.25) is 11.8 Å². The molecule has 1 unspecified atom stereocenters. The van der Waals surface area contributed by atoms with Gasteiger partial charge in [-0.15, -0.1) is 0 Å². The molecule has 0 N–H and O–H groups in total. The number of hydrazone groups is 1. The highest BCUT2D eigenvalue weighted by Crippen LogP contribution is 2.53. The zero-order valence-electron chi connectivity index (χ0n) is 18.7. The highest BCUT2D eigenvalue weighted by atomic mass is 19.1. The largest absolute Gasteiger partial charge is 0.497 e. The third-order valence-corrected chi connectivity index (χ3v) is 7.00. The van der Waals surface area contributed by atoms with Crippen LogP contribution in [0.4, 0.5) is 10.1 Å². The Labute approximate surface area is 200 Å². The topological polar surface area (TPSA) is 79.3 Å². The van der Waals surface area contributed by atoms with E-state index in [1.807, 2.05) is 24.3 Å². The number of methoxy groups -OCH3 is 1. The van der Waals surface area contributed by atoms with Crippen molar-refractivity contribution in [2.24, 2.45) is 16.9 Å². The molecule has 3 aromatic carbocycles. The Hall–Kier alpha value is -4.33. The number of carbonyl (C=O) groups excluding carboxylic acids is 3. The second-order valence-electron chi connectivity index (χ2n) is 8.78. The molecule has 8 heteroatoms. The van der Waals surface area contributed by atoms with Crippen LogP contribution in [-0.4, -0.2) is 42.0 Å². The summed E-state index contributed by atoms with van der Waals surface area (Å²) in [5, 5.41) is 6.14. The minimum absolute atomic E-state index is 0.157. The van der Waals surface area contributed by atoms with Gasteiger partial charge in [0.1, 0.15) is 17.6 Å². The number of hydrogen-bond donors (Lipinski definition) is 0. The summed E-state index contributed by atoms with van der Waals surface area (Å²) >= 11 is 0. The van der Waals surface area contributed by atoms with Crippen LogP contribution in [0.25, 0.3) is 0 Å². The lowest BCUT2D eigenvalue weighted by Gasteiger charge is -2.33. The molecule has 35 heavy (non-hydrogen) atoms. The quantitative estimate of drug-likeness (QED) is 0.431. The Balaban J connectivity index is 1.48. The van der Waals surface area contributed by atoms with E-state index in [-0.39, 0.29) is 11.5 Å². The number of imide groups is 1. The van der Waals surface area contributed by atoms with Crippen LogP contribution in [0, 0.1) is 17.7 Å². The smallest absolute Gasteiger partial charge is 0.240 e. The predicted octanol–water partition coefficient (Wildman–Crippen LogP) is 3.60. The standard InChI is InChI=1S/C27H20FN3O4/c1-35-19-11-9-15(10-12-19)25(32)24-22-21(23-20-8-3-2-5-16(20)14-29-31(23)24)26(33)30(27(22)34)18-7-4-6-17(28)13-18/h2-14,21-24H,1H3/t21-,22+,23?,24-/m1/s1. The summed E-state index contributed by atoms with van der Waals surface area (Å²) in [6.45, 7) is 0. The second kappa shape index (κ2) is 7.87. The van der Waals surface area contributed by atoms with Crippen molar-refractivity contribution in [3.63, 3.8) is 0 Å². The van der Waals surface area contributed by atoms with E-state index >= 15 is 0 Å². The van der Waals surface area contributed by atoms with Crippen molar-refractivity contribution in [2.45, 2.75) is 12.1 Å². The van der Waals surface area contributed by atoms with Crippen LogP contribution in [0.15, 0.2) is 77.9 Å². The van der Waals surface area contributed by atoms with E-state index in [1.165, 1.54) is 25.3 Å². The van der Waals surface area contributed by atoms with Crippen LogP contribution in [0.1, 0.15) is 27.5 Å². The Morgan fingerprint density at radius 3 is 2.43 bits per heavy atom. The van der Waals surface area contributed by atoms with Crippen LogP contribution in [0.5, 0.6) is 5.75 Å². The minimum atomic E-state index is -0.988. The predicted molar refractivity (Wildman–Crippen MR) is 126 cm³/mol. The Morgan fingerprint density at radius 2 is 1.69 bits per heavy atom. The van der Waals surface area contributed by atoms with Crippen LogP contribution in [-0.2, 0) is 9.59 Å². The number of fused-ring (bicyclic) bond motifs is 5. The highest BCUT2D eigenvalue weighted by molar-refractivity contribution is 6.24. The minimum Gasteiger partial charge on any atom is -0.497 e.